The Morgan fingerprint density at radius 1 is 1.00 bits per heavy atom. The third kappa shape index (κ3) is 13.7. The molecule has 0 heterocycles. The Balaban J connectivity index is 7.68. The average Bonchev–Trinajstić information content (AvgIpc) is 2.86. The summed E-state index contributed by atoms with van der Waals surface area (Å²) >= 11 is 0. The first-order valence-electron chi connectivity index (χ1n) is 19.4. The number of aliphatic carboxylic acids is 1. The summed E-state index contributed by atoms with van der Waals surface area (Å²) in [5, 5.41) is 18.7. The first kappa shape index (κ1) is 2.49. The number of carbonyl (C=O) groups is 1. The highest BCUT2D eigenvalue weighted by atomic mass is 16.4. The lowest BCUT2D eigenvalue weighted by Crippen LogP contribution is -2.18. The van der Waals surface area contributed by atoms with Gasteiger partial charge in [0, 0.05) is 39.8 Å². The predicted molar refractivity (Wildman–Crippen MR) is 79.3 cm³/mol. The molecule has 3 nitrogen and oxygen atoms in total. The molecule has 0 aliphatic rings. The van der Waals surface area contributed by atoms with Gasteiger partial charge in [0.1, 0.15) is 0 Å². The molecule has 0 spiro atoms. The van der Waals surface area contributed by atoms with Crippen LogP contribution in [0.15, 0.2) is 0 Å². The maximum atomic E-state index is 11.2. The van der Waals surface area contributed by atoms with E-state index in [4.69, 9.17) is 46.2 Å². The Bertz CT molecular complexity index is 1250. The Hall–Kier alpha value is -0.570. The number of rotatable bonds is 14. The van der Waals surface area contributed by atoms with Crippen molar-refractivity contribution in [3.05, 3.63) is 0 Å². The van der Waals surface area contributed by atoms with E-state index in [1.165, 1.54) is 0 Å². The van der Waals surface area contributed by atoms with Crippen LogP contribution >= 0.6 is 0 Å². The minimum absolute atomic E-state index is 2.88. The van der Waals surface area contributed by atoms with Crippen molar-refractivity contribution in [1.82, 2.24) is 0 Å². The number of aliphatic hydroxyl groups is 1. The number of hydrogen-bond donors (Lipinski definition) is 2. The predicted octanol–water partition coefficient (Wildman–Crippen LogP) is 4.52. The van der Waals surface area contributed by atoms with Gasteiger partial charge < -0.3 is 10.2 Å². The van der Waals surface area contributed by atoms with Crippen molar-refractivity contribution in [3.8, 4) is 0 Å². The molecule has 0 aromatic carbocycles. The summed E-state index contributed by atoms with van der Waals surface area (Å²) in [6, 6.07) is 0. The zero-order chi connectivity index (χ0) is 41.1. The quantitative estimate of drug-likeness (QED) is 0.496. The molecule has 0 radical (unpaired) electrons. The number of hydrogen-bond acceptors (Lipinski definition) is 2. The van der Waals surface area contributed by atoms with Crippen molar-refractivity contribution in [2.45, 2.75) is 95.8 Å². The molecule has 0 saturated heterocycles. The van der Waals surface area contributed by atoms with E-state index >= 15 is 0 Å². The zero-order valence-electron chi connectivity index (χ0n) is 39.3. The Labute approximate surface area is 160 Å². The van der Waals surface area contributed by atoms with Crippen molar-refractivity contribution in [2.75, 3.05) is 0 Å². The zero-order valence-corrected chi connectivity index (χ0v) is 9.30. The van der Waals surface area contributed by atoms with E-state index in [0.717, 1.165) is 0 Å². The van der Waals surface area contributed by atoms with E-state index < -0.39 is 102 Å². The van der Waals surface area contributed by atoms with E-state index in [1.54, 1.807) is 0 Å². The van der Waals surface area contributed by atoms with Gasteiger partial charge in [0.25, 0.3) is 0 Å². The molecule has 0 aromatic rings. The molecule has 0 saturated carbocycles. The first-order valence-corrected chi connectivity index (χ1v) is 4.40. The van der Waals surface area contributed by atoms with Gasteiger partial charge in [-0.25, -0.2) is 4.79 Å². The second-order valence-corrected chi connectivity index (χ2v) is 2.28. The molecule has 19 heavy (non-hydrogen) atoms. The van der Waals surface area contributed by atoms with Gasteiger partial charge in [-0.05, 0) is 6.37 Å². The van der Waals surface area contributed by atoms with Crippen molar-refractivity contribution < 1.29 is 56.1 Å². The first-order chi connectivity index (χ1) is 20.4. The van der Waals surface area contributed by atoms with Crippen LogP contribution in [-0.4, -0.2) is 22.3 Å². The Kier molecular flexibility index (Phi) is 1.81. The third-order valence-electron chi connectivity index (χ3n) is 1.07. The molecular formula is C16H32O3. The van der Waals surface area contributed by atoms with E-state index in [2.05, 4.69) is 0 Å². The van der Waals surface area contributed by atoms with Crippen LogP contribution in [0.25, 0.3) is 0 Å². The maximum absolute atomic E-state index is 11.2. The van der Waals surface area contributed by atoms with Gasteiger partial charge in [-0.3, -0.25) is 0 Å². The molecule has 0 bridgehead atoms. The summed E-state index contributed by atoms with van der Waals surface area (Å²) in [7, 11) is 0. The molecule has 0 fully saturated rings. The molecule has 0 aliphatic heterocycles. The van der Waals surface area contributed by atoms with Crippen LogP contribution in [0.4, 0.5) is 0 Å². The summed E-state index contributed by atoms with van der Waals surface area (Å²) in [5.74, 6) is -2.88. The molecule has 0 aromatic heterocycles. The van der Waals surface area contributed by atoms with Crippen LogP contribution in [0.3, 0.4) is 0 Å². The molecule has 0 rings (SSSR count). The second-order valence-electron chi connectivity index (χ2n) is 2.28. The fourth-order valence-corrected chi connectivity index (χ4v) is 0.456. The van der Waals surface area contributed by atoms with Crippen LogP contribution in [0, 0.1) is 0 Å². The lowest BCUT2D eigenvalue weighted by Gasteiger charge is -2.05. The molecule has 3 heteroatoms. The van der Waals surface area contributed by atoms with Crippen molar-refractivity contribution in [3.63, 3.8) is 0 Å². The largest absolute Gasteiger partial charge is 0.479 e. The SMILES string of the molecule is [2H]C([2H])([2H])C([2H])([2H])C([2H])([2H])C([2H])([2H])C([2H])([2H])C([2H])([2H])C([2H])([2H])C([2H])([2H])C([2H])([2H])C([2H])([2H])C([2H])([2H])C([2H])([2H])C([2H])([2H])C([2H])([2H])C([2H])(O)C(=O)O. The normalized spacial score (nSPS) is 48.1. The molecular weight excluding hydrogens is 240 g/mol. The fourth-order valence-electron chi connectivity index (χ4n) is 0.456. The van der Waals surface area contributed by atoms with Crippen LogP contribution in [0.1, 0.15) is 131 Å². The third-order valence-corrected chi connectivity index (χ3v) is 1.07. The summed E-state index contributed by atoms with van der Waals surface area (Å²) in [4.78, 5) is 11.2. The average molecular weight is 303 g/mol. The monoisotopic (exact) mass is 302 g/mol. The second kappa shape index (κ2) is 13.9. The molecule has 1 unspecified atom stereocenters. The smallest absolute Gasteiger partial charge is 0.332 e. The van der Waals surface area contributed by atoms with E-state index in [0.29, 0.717) is 0 Å². The van der Waals surface area contributed by atoms with Crippen molar-refractivity contribution >= 4 is 5.97 Å². The summed E-state index contributed by atoms with van der Waals surface area (Å²) in [5.41, 5.74) is 0. The van der Waals surface area contributed by atoms with Crippen LogP contribution < -0.4 is 0 Å². The van der Waals surface area contributed by atoms with Gasteiger partial charge in [-0.15, -0.1) is 0 Å². The fraction of sp³-hybridized carbons (Fsp3) is 0.938. The van der Waals surface area contributed by atoms with Gasteiger partial charge in [-0.2, -0.15) is 0 Å². The minimum atomic E-state index is -5.14. The van der Waals surface area contributed by atoms with Crippen LogP contribution in [0.2, 0.25) is 0 Å². The van der Waals surface area contributed by atoms with Gasteiger partial charge >= 0.3 is 5.97 Å². The summed E-state index contributed by atoms with van der Waals surface area (Å²) < 4.78 is 235. The van der Waals surface area contributed by atoms with Gasteiger partial charge in [0.15, 0.2) is 6.08 Å². The lowest BCUT2D eigenvalue weighted by atomic mass is 10.0. The lowest BCUT2D eigenvalue weighted by molar-refractivity contribution is -0.146. The molecule has 2 N–H and O–H groups in total. The molecule has 0 aliphatic carbocycles. The maximum Gasteiger partial charge on any atom is 0.332 e. The van der Waals surface area contributed by atoms with E-state index in [1.807, 2.05) is 0 Å². The highest BCUT2D eigenvalue weighted by Gasteiger charge is 2.11. The van der Waals surface area contributed by atoms with Crippen LogP contribution in [0.5, 0.6) is 0 Å². The van der Waals surface area contributed by atoms with Crippen molar-refractivity contribution in [1.29, 1.82) is 0 Å². The standard InChI is InChI=1S/C16H32O3/c1-2-3-4-5-6-7-8-9-10-11-12-13-14-15(17)16(18)19/h15,17H,2-14H2,1H3,(H,18,19)/i1D3,2D2,3D2,4D2,5D2,6D2,7D2,8D2,9D2,10D2,11D2,12D2,13D2,14D2,15D. The summed E-state index contributed by atoms with van der Waals surface area (Å²) in [6.45, 7) is -4.11. The topological polar surface area (TPSA) is 57.5 Å². The Morgan fingerprint density at radius 3 is 1.84 bits per heavy atom. The molecule has 0 amide bonds. The van der Waals surface area contributed by atoms with E-state index in [-0.39, 0.29) is 0 Å². The molecule has 1 atom stereocenters. The highest BCUT2D eigenvalue weighted by Crippen LogP contribution is 2.12. The van der Waals surface area contributed by atoms with Gasteiger partial charge in [0.2, 0.25) is 0 Å². The van der Waals surface area contributed by atoms with E-state index in [9.17, 15) is 9.90 Å². The number of carboxylic acid groups (broad SMARTS) is 1. The Morgan fingerprint density at radius 2 is 1.42 bits per heavy atom. The minimum Gasteiger partial charge on any atom is -0.479 e. The number of carboxylic acids is 1. The molecule has 114 valence electrons. The highest BCUT2D eigenvalue weighted by molar-refractivity contribution is 5.71. The summed E-state index contributed by atoms with van der Waals surface area (Å²) in [6.07, 6.45) is -68.9. The van der Waals surface area contributed by atoms with Gasteiger partial charge in [-0.1, -0.05) is 83.3 Å². The van der Waals surface area contributed by atoms with Gasteiger partial charge in [0.05, 0.1) is 1.37 Å². The van der Waals surface area contributed by atoms with Crippen molar-refractivity contribution in [2.24, 2.45) is 0 Å². The van der Waals surface area contributed by atoms with Crippen LogP contribution in [-0.2, 0) is 4.79 Å².